The molecule has 0 aromatic heterocycles. The number of methoxy groups -OCH3 is 1. The van der Waals surface area contributed by atoms with Crippen LogP contribution < -0.4 is 5.48 Å². The molecule has 1 amide bonds. The van der Waals surface area contributed by atoms with Crippen molar-refractivity contribution in [3.05, 3.63) is 0 Å². The Morgan fingerprint density at radius 2 is 2.07 bits per heavy atom. The first kappa shape index (κ1) is 13.4. The Labute approximate surface area is 85.3 Å². The van der Waals surface area contributed by atoms with E-state index in [4.69, 9.17) is 9.57 Å². The first-order valence-electron chi connectivity index (χ1n) is 4.68. The fourth-order valence-corrected chi connectivity index (χ4v) is 0.723. The van der Waals surface area contributed by atoms with Gasteiger partial charge < -0.3 is 9.64 Å². The number of ether oxygens (including phenoxy) is 1. The minimum atomic E-state index is 0.0115. The predicted molar refractivity (Wildman–Crippen MR) is 53.7 cm³/mol. The van der Waals surface area contributed by atoms with Crippen molar-refractivity contribution in [3.63, 3.8) is 0 Å². The smallest absolute Gasteiger partial charge is 0.238 e. The van der Waals surface area contributed by atoms with Crippen LogP contribution in [-0.2, 0) is 14.4 Å². The number of hydroxylamine groups is 1. The lowest BCUT2D eigenvalue weighted by atomic mass is 10.3. The van der Waals surface area contributed by atoms with Gasteiger partial charge in [-0.15, -0.1) is 0 Å². The summed E-state index contributed by atoms with van der Waals surface area (Å²) >= 11 is 0. The van der Waals surface area contributed by atoms with E-state index in [0.29, 0.717) is 13.2 Å². The van der Waals surface area contributed by atoms with Gasteiger partial charge in [-0.25, -0.2) is 0 Å². The van der Waals surface area contributed by atoms with Gasteiger partial charge in [0, 0.05) is 20.2 Å². The standard InChI is InChI=1S/C9H20N2O3/c1-8(2)11(3)9(12)7-10-14-6-5-13-4/h8,10H,5-7H2,1-4H3. The van der Waals surface area contributed by atoms with Crippen molar-refractivity contribution in [2.75, 3.05) is 33.9 Å². The Morgan fingerprint density at radius 1 is 1.43 bits per heavy atom. The zero-order chi connectivity index (χ0) is 11.0. The van der Waals surface area contributed by atoms with Crippen molar-refractivity contribution in [3.8, 4) is 0 Å². The van der Waals surface area contributed by atoms with Gasteiger partial charge >= 0.3 is 0 Å². The molecule has 0 aliphatic heterocycles. The molecule has 14 heavy (non-hydrogen) atoms. The van der Waals surface area contributed by atoms with Crippen LogP contribution in [0.1, 0.15) is 13.8 Å². The number of hydrogen-bond acceptors (Lipinski definition) is 4. The van der Waals surface area contributed by atoms with Crippen LogP contribution in [0, 0.1) is 0 Å². The summed E-state index contributed by atoms with van der Waals surface area (Å²) in [6.07, 6.45) is 0. The number of carbonyl (C=O) groups excluding carboxylic acids is 1. The molecule has 0 unspecified atom stereocenters. The van der Waals surface area contributed by atoms with Gasteiger partial charge in [0.1, 0.15) is 6.54 Å². The molecule has 0 aromatic carbocycles. The van der Waals surface area contributed by atoms with Crippen LogP contribution in [0.25, 0.3) is 0 Å². The minimum absolute atomic E-state index is 0.0115. The zero-order valence-electron chi connectivity index (χ0n) is 9.37. The van der Waals surface area contributed by atoms with E-state index in [1.165, 1.54) is 0 Å². The Kier molecular flexibility index (Phi) is 7.37. The normalized spacial score (nSPS) is 10.6. The largest absolute Gasteiger partial charge is 0.382 e. The lowest BCUT2D eigenvalue weighted by Gasteiger charge is -2.21. The van der Waals surface area contributed by atoms with Crippen molar-refractivity contribution in [2.45, 2.75) is 19.9 Å². The highest BCUT2D eigenvalue weighted by Crippen LogP contribution is 1.92. The molecular formula is C9H20N2O3. The van der Waals surface area contributed by atoms with Crippen LogP contribution in [0.15, 0.2) is 0 Å². The van der Waals surface area contributed by atoms with Gasteiger partial charge in [0.2, 0.25) is 5.91 Å². The quantitative estimate of drug-likeness (QED) is 0.469. The van der Waals surface area contributed by atoms with Crippen LogP contribution in [0.2, 0.25) is 0 Å². The molecule has 0 aromatic rings. The summed E-state index contributed by atoms with van der Waals surface area (Å²) in [6, 6.07) is 0.211. The second kappa shape index (κ2) is 7.73. The van der Waals surface area contributed by atoms with E-state index in [9.17, 15) is 4.79 Å². The first-order valence-corrected chi connectivity index (χ1v) is 4.68. The van der Waals surface area contributed by atoms with Crippen LogP contribution in [0.5, 0.6) is 0 Å². The van der Waals surface area contributed by atoms with Crippen LogP contribution in [0.4, 0.5) is 0 Å². The minimum Gasteiger partial charge on any atom is -0.382 e. The number of nitrogens with zero attached hydrogens (tertiary/aromatic N) is 1. The van der Waals surface area contributed by atoms with Gasteiger partial charge in [-0.3, -0.25) is 9.63 Å². The van der Waals surface area contributed by atoms with Crippen LogP contribution in [0.3, 0.4) is 0 Å². The van der Waals surface area contributed by atoms with E-state index in [0.717, 1.165) is 0 Å². The first-order chi connectivity index (χ1) is 6.59. The van der Waals surface area contributed by atoms with Crippen molar-refractivity contribution < 1.29 is 14.4 Å². The molecule has 1 N–H and O–H groups in total. The van der Waals surface area contributed by atoms with Gasteiger partial charge in [-0.2, -0.15) is 5.48 Å². The Bertz CT molecular complexity index is 162. The molecule has 0 radical (unpaired) electrons. The summed E-state index contributed by atoms with van der Waals surface area (Å²) in [6.45, 7) is 5.07. The van der Waals surface area contributed by atoms with E-state index < -0.39 is 0 Å². The maximum Gasteiger partial charge on any atom is 0.238 e. The summed E-state index contributed by atoms with van der Waals surface area (Å²) in [5.74, 6) is 0.0115. The summed E-state index contributed by atoms with van der Waals surface area (Å²) in [4.78, 5) is 18.0. The predicted octanol–water partition coefficient (Wildman–Crippen LogP) is 0.0208. The van der Waals surface area contributed by atoms with E-state index in [-0.39, 0.29) is 18.5 Å². The van der Waals surface area contributed by atoms with Gasteiger partial charge in [-0.05, 0) is 13.8 Å². The van der Waals surface area contributed by atoms with Crippen LogP contribution in [-0.4, -0.2) is 50.8 Å². The molecule has 0 fully saturated rings. The molecule has 0 spiro atoms. The highest BCUT2D eigenvalue weighted by molar-refractivity contribution is 5.78. The lowest BCUT2D eigenvalue weighted by molar-refractivity contribution is -0.133. The van der Waals surface area contributed by atoms with Gasteiger partial charge in [0.05, 0.1) is 13.2 Å². The summed E-state index contributed by atoms with van der Waals surface area (Å²) in [7, 11) is 3.37. The lowest BCUT2D eigenvalue weighted by Crippen LogP contribution is -2.39. The zero-order valence-corrected chi connectivity index (χ0v) is 9.37. The average Bonchev–Trinajstić information content (AvgIpc) is 2.16. The topological polar surface area (TPSA) is 50.8 Å². The third kappa shape index (κ3) is 5.90. The third-order valence-corrected chi connectivity index (χ3v) is 1.88. The van der Waals surface area contributed by atoms with Crippen LogP contribution >= 0.6 is 0 Å². The second-order valence-electron chi connectivity index (χ2n) is 3.26. The fraction of sp³-hybridized carbons (Fsp3) is 0.889. The maximum atomic E-state index is 11.4. The molecule has 0 saturated heterocycles. The number of likely N-dealkylation sites (N-methyl/N-ethyl adjacent to an activating group) is 1. The van der Waals surface area contributed by atoms with Crippen molar-refractivity contribution in [2.24, 2.45) is 0 Å². The average molecular weight is 204 g/mol. The van der Waals surface area contributed by atoms with Gasteiger partial charge in [-0.1, -0.05) is 0 Å². The molecule has 0 rings (SSSR count). The Hall–Kier alpha value is -0.650. The number of carbonyl (C=O) groups is 1. The molecule has 0 atom stereocenters. The van der Waals surface area contributed by atoms with E-state index >= 15 is 0 Å². The summed E-state index contributed by atoms with van der Waals surface area (Å²) < 4.78 is 4.77. The summed E-state index contributed by atoms with van der Waals surface area (Å²) in [5, 5.41) is 0. The molecule has 84 valence electrons. The SMILES string of the molecule is COCCONCC(=O)N(C)C(C)C. The molecule has 0 aliphatic carbocycles. The molecule has 0 heterocycles. The van der Waals surface area contributed by atoms with E-state index in [2.05, 4.69) is 5.48 Å². The fourth-order valence-electron chi connectivity index (χ4n) is 0.723. The Balaban J connectivity index is 3.44. The molecule has 5 heteroatoms. The Morgan fingerprint density at radius 3 is 2.57 bits per heavy atom. The number of amides is 1. The van der Waals surface area contributed by atoms with Gasteiger partial charge in [0.15, 0.2) is 0 Å². The maximum absolute atomic E-state index is 11.4. The van der Waals surface area contributed by atoms with E-state index in [1.54, 1.807) is 19.1 Å². The highest BCUT2D eigenvalue weighted by Gasteiger charge is 2.10. The summed E-state index contributed by atoms with van der Waals surface area (Å²) in [5.41, 5.74) is 2.58. The van der Waals surface area contributed by atoms with Gasteiger partial charge in [0.25, 0.3) is 0 Å². The number of nitrogens with one attached hydrogen (secondary N) is 1. The van der Waals surface area contributed by atoms with Crippen molar-refractivity contribution in [1.29, 1.82) is 0 Å². The number of hydrogen-bond donors (Lipinski definition) is 1. The molecular weight excluding hydrogens is 184 g/mol. The second-order valence-corrected chi connectivity index (χ2v) is 3.26. The highest BCUT2D eigenvalue weighted by atomic mass is 16.7. The monoisotopic (exact) mass is 204 g/mol. The van der Waals surface area contributed by atoms with Crippen molar-refractivity contribution >= 4 is 5.91 Å². The van der Waals surface area contributed by atoms with Crippen molar-refractivity contribution in [1.82, 2.24) is 10.4 Å². The molecule has 5 nitrogen and oxygen atoms in total. The molecule has 0 bridgehead atoms. The molecule has 0 aliphatic rings. The molecule has 0 saturated carbocycles. The van der Waals surface area contributed by atoms with E-state index in [1.807, 2.05) is 13.8 Å². The number of rotatable bonds is 7. The third-order valence-electron chi connectivity index (χ3n) is 1.88.